The van der Waals surface area contributed by atoms with E-state index in [1.165, 1.54) is 6.07 Å². The summed E-state index contributed by atoms with van der Waals surface area (Å²) < 4.78 is 0. The Balaban J connectivity index is 1.84. The zero-order valence-corrected chi connectivity index (χ0v) is 10.4. The van der Waals surface area contributed by atoms with E-state index in [4.69, 9.17) is 0 Å². The van der Waals surface area contributed by atoms with Gasteiger partial charge in [-0.3, -0.25) is 9.59 Å². The lowest BCUT2D eigenvalue weighted by molar-refractivity contribution is 0.0733. The predicted octanol–water partition coefficient (Wildman–Crippen LogP) is 1.57. The smallest absolute Gasteiger partial charge is 0.254 e. The number of carbonyl (C=O) groups excluding carboxylic acids is 1. The molecule has 1 aliphatic rings. The molecule has 0 unspecified atom stereocenters. The second-order valence-corrected chi connectivity index (χ2v) is 4.67. The van der Waals surface area contributed by atoms with E-state index in [0.29, 0.717) is 25.1 Å². The number of rotatable bonds is 1. The summed E-state index contributed by atoms with van der Waals surface area (Å²) in [6, 6.07) is 12.6. The van der Waals surface area contributed by atoms with Gasteiger partial charge in [0.05, 0.1) is 0 Å². The predicted molar refractivity (Wildman–Crippen MR) is 71.9 cm³/mol. The molecular formula is C15H14N2O2. The van der Waals surface area contributed by atoms with E-state index in [1.54, 1.807) is 6.07 Å². The van der Waals surface area contributed by atoms with Gasteiger partial charge < -0.3 is 9.88 Å². The lowest BCUT2D eigenvalue weighted by atomic mass is 10.0. The van der Waals surface area contributed by atoms with Gasteiger partial charge in [-0.1, -0.05) is 24.3 Å². The molecule has 0 bridgehead atoms. The van der Waals surface area contributed by atoms with Crippen molar-refractivity contribution in [3.63, 3.8) is 0 Å². The summed E-state index contributed by atoms with van der Waals surface area (Å²) in [5, 5.41) is 0. The van der Waals surface area contributed by atoms with Crippen LogP contribution < -0.4 is 5.56 Å². The number of hydrogen-bond donors (Lipinski definition) is 1. The number of pyridine rings is 1. The van der Waals surface area contributed by atoms with Crippen molar-refractivity contribution in [2.75, 3.05) is 6.54 Å². The van der Waals surface area contributed by atoms with E-state index in [-0.39, 0.29) is 11.5 Å². The van der Waals surface area contributed by atoms with Gasteiger partial charge in [0.25, 0.3) is 5.91 Å². The van der Waals surface area contributed by atoms with Crippen molar-refractivity contribution in [2.45, 2.75) is 13.0 Å². The fraction of sp³-hybridized carbons (Fsp3) is 0.200. The fourth-order valence-corrected chi connectivity index (χ4v) is 2.39. The molecule has 19 heavy (non-hydrogen) atoms. The zero-order chi connectivity index (χ0) is 13.2. The minimum absolute atomic E-state index is 0.0393. The molecule has 2 heterocycles. The second kappa shape index (κ2) is 4.72. The molecule has 0 radical (unpaired) electrons. The first kappa shape index (κ1) is 11.7. The standard InChI is InChI=1S/C15H14N2O2/c18-14-7-6-12-10-17(9-8-13(12)16-14)15(19)11-4-2-1-3-5-11/h1-7H,8-10H2,(H,16,18). The fourth-order valence-electron chi connectivity index (χ4n) is 2.39. The number of hydrogen-bond acceptors (Lipinski definition) is 2. The summed E-state index contributed by atoms with van der Waals surface area (Å²) >= 11 is 0. The second-order valence-electron chi connectivity index (χ2n) is 4.67. The van der Waals surface area contributed by atoms with E-state index in [1.807, 2.05) is 35.2 Å². The Labute approximate surface area is 110 Å². The summed E-state index contributed by atoms with van der Waals surface area (Å²) in [4.78, 5) is 28.2. The molecule has 2 aromatic rings. The highest BCUT2D eigenvalue weighted by Crippen LogP contribution is 2.17. The number of aromatic amines is 1. The van der Waals surface area contributed by atoms with Crippen molar-refractivity contribution in [2.24, 2.45) is 0 Å². The highest BCUT2D eigenvalue weighted by Gasteiger charge is 2.21. The molecule has 1 aromatic carbocycles. The van der Waals surface area contributed by atoms with Crippen LogP contribution in [0.15, 0.2) is 47.3 Å². The van der Waals surface area contributed by atoms with Gasteiger partial charge in [-0.25, -0.2) is 0 Å². The minimum atomic E-state index is -0.0819. The molecule has 1 aromatic heterocycles. The van der Waals surface area contributed by atoms with Crippen LogP contribution in [0.5, 0.6) is 0 Å². The molecule has 0 aliphatic carbocycles. The summed E-state index contributed by atoms with van der Waals surface area (Å²) in [6.07, 6.45) is 0.698. The quantitative estimate of drug-likeness (QED) is 0.840. The monoisotopic (exact) mass is 254 g/mol. The topological polar surface area (TPSA) is 53.2 Å². The van der Waals surface area contributed by atoms with Crippen LogP contribution in [0, 0.1) is 0 Å². The van der Waals surface area contributed by atoms with Crippen LogP contribution in [0.2, 0.25) is 0 Å². The average Bonchev–Trinajstić information content (AvgIpc) is 2.47. The highest BCUT2D eigenvalue weighted by molar-refractivity contribution is 5.94. The Bertz CT molecular complexity index is 661. The first-order valence-corrected chi connectivity index (χ1v) is 6.29. The minimum Gasteiger partial charge on any atom is -0.334 e. The third-order valence-corrected chi connectivity index (χ3v) is 3.40. The molecule has 0 saturated carbocycles. The van der Waals surface area contributed by atoms with E-state index < -0.39 is 0 Å². The third-order valence-electron chi connectivity index (χ3n) is 3.40. The highest BCUT2D eigenvalue weighted by atomic mass is 16.2. The SMILES string of the molecule is O=C(c1ccccc1)N1CCc2[nH]c(=O)ccc2C1. The first-order valence-electron chi connectivity index (χ1n) is 6.29. The Hall–Kier alpha value is -2.36. The van der Waals surface area contributed by atoms with Crippen LogP contribution in [-0.4, -0.2) is 22.3 Å². The molecule has 0 spiro atoms. The van der Waals surface area contributed by atoms with Gasteiger partial charge in [-0.05, 0) is 17.7 Å². The van der Waals surface area contributed by atoms with Crippen molar-refractivity contribution >= 4 is 5.91 Å². The van der Waals surface area contributed by atoms with Crippen molar-refractivity contribution in [1.29, 1.82) is 0 Å². The number of fused-ring (bicyclic) bond motifs is 1. The number of nitrogens with zero attached hydrogens (tertiary/aromatic N) is 1. The molecule has 1 N–H and O–H groups in total. The van der Waals surface area contributed by atoms with E-state index in [0.717, 1.165) is 11.3 Å². The molecule has 0 atom stereocenters. The number of carbonyl (C=O) groups is 1. The Morgan fingerprint density at radius 2 is 1.89 bits per heavy atom. The first-order chi connectivity index (χ1) is 9.24. The summed E-state index contributed by atoms with van der Waals surface area (Å²) in [5.41, 5.74) is 2.59. The lowest BCUT2D eigenvalue weighted by Gasteiger charge is -2.28. The molecule has 0 fully saturated rings. The van der Waals surface area contributed by atoms with Crippen LogP contribution in [0.4, 0.5) is 0 Å². The van der Waals surface area contributed by atoms with Gasteiger partial charge in [-0.15, -0.1) is 0 Å². The maximum atomic E-state index is 12.3. The Morgan fingerprint density at radius 3 is 2.68 bits per heavy atom. The van der Waals surface area contributed by atoms with Crippen LogP contribution >= 0.6 is 0 Å². The van der Waals surface area contributed by atoms with Crippen LogP contribution in [0.3, 0.4) is 0 Å². The van der Waals surface area contributed by atoms with Gasteiger partial charge in [0, 0.05) is 36.8 Å². The zero-order valence-electron chi connectivity index (χ0n) is 10.4. The van der Waals surface area contributed by atoms with Crippen molar-refractivity contribution in [3.05, 3.63) is 69.6 Å². The van der Waals surface area contributed by atoms with Crippen LogP contribution in [0.25, 0.3) is 0 Å². The number of H-pyrrole nitrogens is 1. The van der Waals surface area contributed by atoms with Crippen molar-refractivity contribution < 1.29 is 4.79 Å². The van der Waals surface area contributed by atoms with Gasteiger partial charge in [0.1, 0.15) is 0 Å². The molecular weight excluding hydrogens is 240 g/mol. The van der Waals surface area contributed by atoms with Gasteiger partial charge in [-0.2, -0.15) is 0 Å². The number of nitrogens with one attached hydrogen (secondary N) is 1. The lowest BCUT2D eigenvalue weighted by Crippen LogP contribution is -2.37. The molecule has 4 heteroatoms. The third kappa shape index (κ3) is 2.29. The van der Waals surface area contributed by atoms with Gasteiger partial charge in [0.2, 0.25) is 5.56 Å². The maximum absolute atomic E-state index is 12.3. The molecule has 1 aliphatic heterocycles. The summed E-state index contributed by atoms with van der Waals surface area (Å²) in [7, 11) is 0. The van der Waals surface area contributed by atoms with Crippen LogP contribution in [0.1, 0.15) is 21.6 Å². The van der Waals surface area contributed by atoms with Crippen LogP contribution in [-0.2, 0) is 13.0 Å². The molecule has 1 amide bonds. The molecule has 4 nitrogen and oxygen atoms in total. The van der Waals surface area contributed by atoms with Crippen molar-refractivity contribution in [3.8, 4) is 0 Å². The average molecular weight is 254 g/mol. The normalized spacial score (nSPS) is 14.0. The van der Waals surface area contributed by atoms with Gasteiger partial charge >= 0.3 is 0 Å². The van der Waals surface area contributed by atoms with E-state index >= 15 is 0 Å². The summed E-state index contributed by atoms with van der Waals surface area (Å²) in [5.74, 6) is 0.0393. The Kier molecular flexibility index (Phi) is 2.91. The number of aromatic nitrogens is 1. The Morgan fingerprint density at radius 1 is 1.11 bits per heavy atom. The van der Waals surface area contributed by atoms with Gasteiger partial charge in [0.15, 0.2) is 0 Å². The number of benzene rings is 1. The van der Waals surface area contributed by atoms with E-state index in [9.17, 15) is 9.59 Å². The molecule has 0 saturated heterocycles. The number of amides is 1. The molecule has 3 rings (SSSR count). The largest absolute Gasteiger partial charge is 0.334 e. The maximum Gasteiger partial charge on any atom is 0.254 e. The van der Waals surface area contributed by atoms with Crippen molar-refractivity contribution in [1.82, 2.24) is 9.88 Å². The molecule has 96 valence electrons. The summed E-state index contributed by atoms with van der Waals surface area (Å²) in [6.45, 7) is 1.19. The van der Waals surface area contributed by atoms with E-state index in [2.05, 4.69) is 4.98 Å².